The van der Waals surface area contributed by atoms with Crippen LogP contribution >= 0.6 is 11.6 Å². The normalized spacial score (nSPS) is 11.9. The zero-order valence-electron chi connectivity index (χ0n) is 10.6. The Kier molecular flexibility index (Phi) is 4.07. The van der Waals surface area contributed by atoms with Gasteiger partial charge < -0.3 is 11.1 Å². The van der Waals surface area contributed by atoms with Gasteiger partial charge in [-0.2, -0.15) is 0 Å². The smallest absolute Gasteiger partial charge is 0.253 e. The van der Waals surface area contributed by atoms with E-state index in [1.165, 1.54) is 0 Å². The second-order valence-electron chi connectivity index (χ2n) is 4.31. The minimum Gasteiger partial charge on any atom is -0.398 e. The van der Waals surface area contributed by atoms with Gasteiger partial charge in [0.15, 0.2) is 0 Å². The Labute approximate surface area is 117 Å². The maximum atomic E-state index is 12.2. The molecule has 1 atom stereocenters. The van der Waals surface area contributed by atoms with E-state index in [2.05, 4.69) is 5.32 Å². The Morgan fingerprint density at radius 3 is 2.53 bits per heavy atom. The van der Waals surface area contributed by atoms with E-state index < -0.39 is 0 Å². The number of nitrogens with two attached hydrogens (primary N) is 1. The average molecular weight is 275 g/mol. The highest BCUT2D eigenvalue weighted by atomic mass is 35.5. The lowest BCUT2D eigenvalue weighted by Gasteiger charge is -2.15. The molecule has 0 aliphatic carbocycles. The van der Waals surface area contributed by atoms with Crippen LogP contribution in [0.25, 0.3) is 0 Å². The third-order valence-electron chi connectivity index (χ3n) is 2.92. The number of nitrogens with one attached hydrogen (secondary N) is 1. The third-order valence-corrected chi connectivity index (χ3v) is 3.34. The first-order valence-electron chi connectivity index (χ1n) is 5.99. The monoisotopic (exact) mass is 274 g/mol. The second kappa shape index (κ2) is 5.76. The number of hydrogen-bond donors (Lipinski definition) is 2. The molecule has 0 fully saturated rings. The molecule has 0 saturated heterocycles. The van der Waals surface area contributed by atoms with Gasteiger partial charge in [0.25, 0.3) is 5.91 Å². The summed E-state index contributed by atoms with van der Waals surface area (Å²) in [5.41, 5.74) is 7.52. The van der Waals surface area contributed by atoms with E-state index in [9.17, 15) is 4.79 Å². The van der Waals surface area contributed by atoms with E-state index in [1.807, 2.05) is 37.3 Å². The van der Waals surface area contributed by atoms with Gasteiger partial charge in [-0.1, -0.05) is 48.0 Å². The Morgan fingerprint density at radius 1 is 1.16 bits per heavy atom. The van der Waals surface area contributed by atoms with Crippen LogP contribution in [0.5, 0.6) is 0 Å². The van der Waals surface area contributed by atoms with Crippen LogP contribution in [0.1, 0.15) is 28.9 Å². The Bertz CT molecular complexity index is 584. The molecule has 19 heavy (non-hydrogen) atoms. The molecule has 0 radical (unpaired) electrons. The summed E-state index contributed by atoms with van der Waals surface area (Å²) in [7, 11) is 0. The van der Waals surface area contributed by atoms with Gasteiger partial charge in [-0.05, 0) is 24.6 Å². The molecule has 2 aromatic carbocycles. The molecule has 3 nitrogen and oxygen atoms in total. The fourth-order valence-electron chi connectivity index (χ4n) is 1.82. The molecule has 0 bridgehead atoms. The van der Waals surface area contributed by atoms with Gasteiger partial charge in [-0.3, -0.25) is 4.79 Å². The molecular weight excluding hydrogens is 260 g/mol. The number of amides is 1. The van der Waals surface area contributed by atoms with Crippen molar-refractivity contribution in [2.45, 2.75) is 13.0 Å². The fourth-order valence-corrected chi connectivity index (χ4v) is 2.04. The SMILES string of the molecule is C[C@@H](NC(=O)c1cccc(N)c1Cl)c1ccccc1. The van der Waals surface area contributed by atoms with Gasteiger partial charge in [-0.15, -0.1) is 0 Å². The lowest BCUT2D eigenvalue weighted by Crippen LogP contribution is -2.27. The van der Waals surface area contributed by atoms with Gasteiger partial charge in [0.05, 0.1) is 22.3 Å². The first kappa shape index (κ1) is 13.4. The van der Waals surface area contributed by atoms with Crippen molar-refractivity contribution in [3.63, 3.8) is 0 Å². The van der Waals surface area contributed by atoms with Crippen molar-refractivity contribution in [3.05, 3.63) is 64.7 Å². The van der Waals surface area contributed by atoms with Crippen molar-refractivity contribution in [2.24, 2.45) is 0 Å². The molecule has 2 aromatic rings. The molecule has 0 unspecified atom stereocenters. The first-order valence-corrected chi connectivity index (χ1v) is 6.37. The van der Waals surface area contributed by atoms with E-state index in [4.69, 9.17) is 17.3 Å². The Balaban J connectivity index is 2.16. The quantitative estimate of drug-likeness (QED) is 0.843. The molecule has 98 valence electrons. The van der Waals surface area contributed by atoms with E-state index in [0.717, 1.165) is 5.56 Å². The number of carbonyl (C=O) groups is 1. The van der Waals surface area contributed by atoms with E-state index in [1.54, 1.807) is 18.2 Å². The van der Waals surface area contributed by atoms with Crippen LogP contribution in [-0.2, 0) is 0 Å². The number of rotatable bonds is 3. The van der Waals surface area contributed by atoms with Crippen LogP contribution in [0.4, 0.5) is 5.69 Å². The van der Waals surface area contributed by atoms with Crippen molar-refractivity contribution in [2.75, 3.05) is 5.73 Å². The molecule has 0 saturated carbocycles. The highest BCUT2D eigenvalue weighted by Gasteiger charge is 2.15. The lowest BCUT2D eigenvalue weighted by atomic mass is 10.1. The molecule has 0 spiro atoms. The van der Waals surface area contributed by atoms with Crippen molar-refractivity contribution in [1.29, 1.82) is 0 Å². The number of nitrogen functional groups attached to an aromatic ring is 1. The third kappa shape index (κ3) is 3.06. The van der Waals surface area contributed by atoms with Gasteiger partial charge in [-0.25, -0.2) is 0 Å². The van der Waals surface area contributed by atoms with Crippen molar-refractivity contribution < 1.29 is 4.79 Å². The van der Waals surface area contributed by atoms with Crippen molar-refractivity contribution in [3.8, 4) is 0 Å². The van der Waals surface area contributed by atoms with Gasteiger partial charge >= 0.3 is 0 Å². The van der Waals surface area contributed by atoms with Crippen LogP contribution in [0.2, 0.25) is 5.02 Å². The van der Waals surface area contributed by atoms with Gasteiger partial charge in [0, 0.05) is 0 Å². The molecule has 0 aliphatic heterocycles. The Morgan fingerprint density at radius 2 is 1.84 bits per heavy atom. The summed E-state index contributed by atoms with van der Waals surface area (Å²) >= 11 is 6.03. The highest BCUT2D eigenvalue weighted by Crippen LogP contribution is 2.23. The summed E-state index contributed by atoms with van der Waals surface area (Å²) < 4.78 is 0. The summed E-state index contributed by atoms with van der Waals surface area (Å²) in [5, 5.41) is 3.19. The largest absolute Gasteiger partial charge is 0.398 e. The molecule has 1 amide bonds. The molecule has 0 aromatic heterocycles. The molecular formula is C15H15ClN2O. The summed E-state index contributed by atoms with van der Waals surface area (Å²) in [6, 6.07) is 14.7. The van der Waals surface area contributed by atoms with Crippen LogP contribution in [-0.4, -0.2) is 5.91 Å². The number of anilines is 1. The number of benzene rings is 2. The van der Waals surface area contributed by atoms with Crippen LogP contribution in [0, 0.1) is 0 Å². The summed E-state index contributed by atoms with van der Waals surface area (Å²) in [6.45, 7) is 1.92. The standard InChI is InChI=1S/C15H15ClN2O/c1-10(11-6-3-2-4-7-11)18-15(19)12-8-5-9-13(17)14(12)16/h2-10H,17H2,1H3,(H,18,19)/t10-/m1/s1. The van der Waals surface area contributed by atoms with Crippen LogP contribution in [0.3, 0.4) is 0 Å². The summed E-state index contributed by atoms with van der Waals surface area (Å²) in [4.78, 5) is 12.2. The van der Waals surface area contributed by atoms with Crippen molar-refractivity contribution in [1.82, 2.24) is 5.32 Å². The summed E-state index contributed by atoms with van der Waals surface area (Å²) in [6.07, 6.45) is 0. The highest BCUT2D eigenvalue weighted by molar-refractivity contribution is 6.36. The van der Waals surface area contributed by atoms with Crippen LogP contribution in [0.15, 0.2) is 48.5 Å². The minimum atomic E-state index is -0.228. The van der Waals surface area contributed by atoms with E-state index in [0.29, 0.717) is 16.3 Å². The maximum absolute atomic E-state index is 12.2. The fraction of sp³-hybridized carbons (Fsp3) is 0.133. The average Bonchev–Trinajstić information content (AvgIpc) is 2.42. The predicted molar refractivity (Wildman–Crippen MR) is 78.2 cm³/mol. The first-order chi connectivity index (χ1) is 9.09. The Hall–Kier alpha value is -2.00. The lowest BCUT2D eigenvalue weighted by molar-refractivity contribution is 0.0940. The van der Waals surface area contributed by atoms with E-state index >= 15 is 0 Å². The van der Waals surface area contributed by atoms with Gasteiger partial charge in [0.2, 0.25) is 0 Å². The zero-order chi connectivity index (χ0) is 13.8. The second-order valence-corrected chi connectivity index (χ2v) is 4.69. The van der Waals surface area contributed by atoms with Crippen LogP contribution < -0.4 is 11.1 Å². The predicted octanol–water partition coefficient (Wildman–Crippen LogP) is 3.41. The molecule has 0 heterocycles. The number of hydrogen-bond acceptors (Lipinski definition) is 2. The van der Waals surface area contributed by atoms with Crippen molar-refractivity contribution >= 4 is 23.2 Å². The molecule has 2 rings (SSSR count). The van der Waals surface area contributed by atoms with Gasteiger partial charge in [0.1, 0.15) is 0 Å². The topological polar surface area (TPSA) is 55.1 Å². The zero-order valence-corrected chi connectivity index (χ0v) is 11.3. The molecule has 4 heteroatoms. The number of carbonyl (C=O) groups excluding carboxylic acids is 1. The minimum absolute atomic E-state index is 0.0915. The van der Waals surface area contributed by atoms with E-state index in [-0.39, 0.29) is 11.9 Å². The molecule has 0 aliphatic rings. The number of halogens is 1. The maximum Gasteiger partial charge on any atom is 0.253 e. The summed E-state index contributed by atoms with van der Waals surface area (Å²) in [5.74, 6) is -0.228. The molecule has 3 N–H and O–H groups in total.